The van der Waals surface area contributed by atoms with Crippen molar-refractivity contribution in [1.29, 1.82) is 0 Å². The Labute approximate surface area is 133 Å². The van der Waals surface area contributed by atoms with Gasteiger partial charge in [0.15, 0.2) is 0 Å². The van der Waals surface area contributed by atoms with Gasteiger partial charge in [-0.3, -0.25) is 0 Å². The van der Waals surface area contributed by atoms with Gasteiger partial charge in [0.1, 0.15) is 0 Å². The standard InChI is InChI=1S/C15H20BrN3O2/c1-3-8-17-13(10-20-2)9-14-18-15(19-21-14)11-4-6-12(16)7-5-11/h4-7,13,17H,3,8-10H2,1-2H3. The van der Waals surface area contributed by atoms with Crippen LogP contribution in [-0.4, -0.2) is 36.4 Å². The number of aromatic nitrogens is 2. The van der Waals surface area contributed by atoms with Gasteiger partial charge in [0.25, 0.3) is 0 Å². The van der Waals surface area contributed by atoms with Crippen LogP contribution >= 0.6 is 15.9 Å². The number of nitrogens with one attached hydrogen (secondary N) is 1. The summed E-state index contributed by atoms with van der Waals surface area (Å²) in [6.45, 7) is 3.70. The van der Waals surface area contributed by atoms with Crippen LogP contribution in [0.5, 0.6) is 0 Å². The van der Waals surface area contributed by atoms with Crippen LogP contribution in [0.1, 0.15) is 19.2 Å². The Morgan fingerprint density at radius 3 is 2.76 bits per heavy atom. The first-order chi connectivity index (χ1) is 10.2. The third-order valence-corrected chi connectivity index (χ3v) is 3.57. The second-order valence-electron chi connectivity index (χ2n) is 4.83. The first-order valence-electron chi connectivity index (χ1n) is 7.03. The molecule has 0 amide bonds. The van der Waals surface area contributed by atoms with Crippen molar-refractivity contribution in [1.82, 2.24) is 15.5 Å². The molecule has 5 nitrogen and oxygen atoms in total. The van der Waals surface area contributed by atoms with E-state index < -0.39 is 0 Å². The maximum atomic E-state index is 5.34. The summed E-state index contributed by atoms with van der Waals surface area (Å²) >= 11 is 3.41. The van der Waals surface area contributed by atoms with E-state index in [4.69, 9.17) is 9.26 Å². The number of hydrogen-bond acceptors (Lipinski definition) is 5. The highest BCUT2D eigenvalue weighted by molar-refractivity contribution is 9.10. The molecule has 1 aromatic carbocycles. The third kappa shape index (κ3) is 4.91. The van der Waals surface area contributed by atoms with Crippen molar-refractivity contribution in [2.24, 2.45) is 0 Å². The molecule has 1 N–H and O–H groups in total. The maximum Gasteiger partial charge on any atom is 0.228 e. The average molecular weight is 354 g/mol. The van der Waals surface area contributed by atoms with Crippen LogP contribution in [0.4, 0.5) is 0 Å². The SMILES string of the molecule is CCCNC(COC)Cc1nc(-c2ccc(Br)cc2)no1. The molecule has 0 aliphatic heterocycles. The molecule has 21 heavy (non-hydrogen) atoms. The molecule has 1 aromatic heterocycles. The summed E-state index contributed by atoms with van der Waals surface area (Å²) in [6.07, 6.45) is 1.74. The fourth-order valence-corrected chi connectivity index (χ4v) is 2.27. The molecule has 1 atom stereocenters. The van der Waals surface area contributed by atoms with Gasteiger partial charge in [-0.1, -0.05) is 28.0 Å². The quantitative estimate of drug-likeness (QED) is 0.790. The fraction of sp³-hybridized carbons (Fsp3) is 0.467. The third-order valence-electron chi connectivity index (χ3n) is 3.04. The van der Waals surface area contributed by atoms with Gasteiger partial charge in [-0.2, -0.15) is 4.98 Å². The predicted octanol–water partition coefficient (Wildman–Crippen LogP) is 3.06. The molecule has 2 aromatic rings. The van der Waals surface area contributed by atoms with Crippen molar-refractivity contribution in [2.45, 2.75) is 25.8 Å². The molecule has 1 unspecified atom stereocenters. The molecule has 6 heteroatoms. The normalized spacial score (nSPS) is 12.5. The highest BCUT2D eigenvalue weighted by Crippen LogP contribution is 2.19. The zero-order valence-electron chi connectivity index (χ0n) is 12.3. The Kier molecular flexibility index (Phi) is 6.35. The molecule has 114 valence electrons. The monoisotopic (exact) mass is 353 g/mol. The maximum absolute atomic E-state index is 5.34. The fourth-order valence-electron chi connectivity index (χ4n) is 2.00. The van der Waals surface area contributed by atoms with Gasteiger partial charge in [0, 0.05) is 29.6 Å². The minimum absolute atomic E-state index is 0.188. The predicted molar refractivity (Wildman–Crippen MR) is 85.1 cm³/mol. The molecular formula is C15H20BrN3O2. The van der Waals surface area contributed by atoms with E-state index in [1.807, 2.05) is 24.3 Å². The van der Waals surface area contributed by atoms with E-state index >= 15 is 0 Å². The Balaban J connectivity index is 2.02. The highest BCUT2D eigenvalue weighted by Gasteiger charge is 2.14. The summed E-state index contributed by atoms with van der Waals surface area (Å²) in [7, 11) is 1.70. The van der Waals surface area contributed by atoms with Crippen LogP contribution in [0, 0.1) is 0 Å². The first kappa shape index (κ1) is 16.1. The van der Waals surface area contributed by atoms with Crippen molar-refractivity contribution in [3.05, 3.63) is 34.6 Å². The lowest BCUT2D eigenvalue weighted by Gasteiger charge is -2.15. The Hall–Kier alpha value is -1.24. The Morgan fingerprint density at radius 1 is 1.33 bits per heavy atom. The molecule has 0 spiro atoms. The first-order valence-corrected chi connectivity index (χ1v) is 7.83. The van der Waals surface area contributed by atoms with Crippen molar-refractivity contribution in [2.75, 3.05) is 20.3 Å². The van der Waals surface area contributed by atoms with E-state index in [1.165, 1.54) is 0 Å². The molecule has 2 rings (SSSR count). The minimum atomic E-state index is 0.188. The Bertz CT molecular complexity index is 542. The number of ether oxygens (including phenoxy) is 1. The van der Waals surface area contributed by atoms with Crippen LogP contribution < -0.4 is 5.32 Å². The van der Waals surface area contributed by atoms with E-state index in [2.05, 4.69) is 38.3 Å². The van der Waals surface area contributed by atoms with Crippen molar-refractivity contribution in [3.8, 4) is 11.4 Å². The van der Waals surface area contributed by atoms with E-state index in [1.54, 1.807) is 7.11 Å². The lowest BCUT2D eigenvalue weighted by atomic mass is 10.2. The zero-order chi connectivity index (χ0) is 15.1. The van der Waals surface area contributed by atoms with Crippen molar-refractivity contribution in [3.63, 3.8) is 0 Å². The van der Waals surface area contributed by atoms with Crippen LogP contribution in [-0.2, 0) is 11.2 Å². The van der Waals surface area contributed by atoms with E-state index in [0.29, 0.717) is 24.7 Å². The number of nitrogens with zero attached hydrogens (tertiary/aromatic N) is 2. The smallest absolute Gasteiger partial charge is 0.228 e. The summed E-state index contributed by atoms with van der Waals surface area (Å²) in [5, 5.41) is 7.46. The Morgan fingerprint density at radius 2 is 2.10 bits per heavy atom. The van der Waals surface area contributed by atoms with Gasteiger partial charge < -0.3 is 14.6 Å². The summed E-state index contributed by atoms with van der Waals surface area (Å²) in [5.74, 6) is 1.24. The van der Waals surface area contributed by atoms with E-state index in [-0.39, 0.29) is 6.04 Å². The van der Waals surface area contributed by atoms with Gasteiger partial charge in [-0.05, 0) is 37.2 Å². The summed E-state index contributed by atoms with van der Waals surface area (Å²) < 4.78 is 11.6. The number of hydrogen-bond donors (Lipinski definition) is 1. The number of benzene rings is 1. The molecule has 0 saturated carbocycles. The topological polar surface area (TPSA) is 60.2 Å². The van der Waals surface area contributed by atoms with Crippen LogP contribution in [0.3, 0.4) is 0 Å². The van der Waals surface area contributed by atoms with Crippen LogP contribution in [0.2, 0.25) is 0 Å². The largest absolute Gasteiger partial charge is 0.383 e. The number of methoxy groups -OCH3 is 1. The zero-order valence-corrected chi connectivity index (χ0v) is 13.9. The van der Waals surface area contributed by atoms with E-state index in [0.717, 1.165) is 23.0 Å². The van der Waals surface area contributed by atoms with E-state index in [9.17, 15) is 0 Å². The van der Waals surface area contributed by atoms with Gasteiger partial charge in [0.2, 0.25) is 11.7 Å². The second kappa shape index (κ2) is 8.26. The summed E-state index contributed by atoms with van der Waals surface area (Å²) in [5.41, 5.74) is 0.943. The minimum Gasteiger partial charge on any atom is -0.383 e. The lowest BCUT2D eigenvalue weighted by Crippen LogP contribution is -2.35. The van der Waals surface area contributed by atoms with Crippen molar-refractivity contribution >= 4 is 15.9 Å². The molecule has 1 heterocycles. The van der Waals surface area contributed by atoms with Gasteiger partial charge in [0.05, 0.1) is 6.61 Å². The lowest BCUT2D eigenvalue weighted by molar-refractivity contribution is 0.161. The summed E-state index contributed by atoms with van der Waals surface area (Å²) in [4.78, 5) is 4.45. The van der Waals surface area contributed by atoms with Crippen molar-refractivity contribution < 1.29 is 9.26 Å². The summed E-state index contributed by atoms with van der Waals surface area (Å²) in [6, 6.07) is 8.03. The van der Waals surface area contributed by atoms with Crippen LogP contribution in [0.25, 0.3) is 11.4 Å². The average Bonchev–Trinajstić information content (AvgIpc) is 2.94. The van der Waals surface area contributed by atoms with Gasteiger partial charge in [-0.25, -0.2) is 0 Å². The molecule has 0 aliphatic rings. The molecule has 0 radical (unpaired) electrons. The van der Waals surface area contributed by atoms with Gasteiger partial charge >= 0.3 is 0 Å². The molecule has 0 fully saturated rings. The number of rotatable bonds is 8. The highest BCUT2D eigenvalue weighted by atomic mass is 79.9. The molecule has 0 bridgehead atoms. The molecule has 0 saturated heterocycles. The number of halogens is 1. The molecular weight excluding hydrogens is 334 g/mol. The van der Waals surface area contributed by atoms with Crippen LogP contribution in [0.15, 0.2) is 33.3 Å². The van der Waals surface area contributed by atoms with Gasteiger partial charge in [-0.15, -0.1) is 0 Å². The molecule has 0 aliphatic carbocycles. The second-order valence-corrected chi connectivity index (χ2v) is 5.74.